The van der Waals surface area contributed by atoms with Crippen LogP contribution in [0.15, 0.2) is 182 Å². The lowest BCUT2D eigenvalue weighted by Gasteiger charge is -2.22. The van der Waals surface area contributed by atoms with Crippen molar-refractivity contribution in [1.82, 2.24) is 0 Å². The number of hydrogen-bond donors (Lipinski definition) is 0. The standard InChI is InChI=1S/C21H20.2C14H16.2C7H8/c1-13-9-10-17-18(11-13)21(3,4)19-12-14(2)15-7-5-6-8-16(15)20(17)19;1-10(2)12-9-8-11(3)13-6-4-5-7-14(12)13;1-3-6-12-10-9-11(2)13-7-4-5-8-14(12)13;2*1-7-5-3-2-4-6-7/h5-12H,1-4H3;4-10H,1-3H3;4-5,7-10H,3,6H2,1-2H3;2*2-6H,1H3. The Labute approximate surface area is 379 Å². The van der Waals surface area contributed by atoms with E-state index in [0.29, 0.717) is 5.92 Å². The fourth-order valence-electron chi connectivity index (χ4n) is 8.92. The molecule has 0 aromatic heterocycles. The zero-order valence-corrected chi connectivity index (χ0v) is 39.8. The van der Waals surface area contributed by atoms with Crippen LogP contribution in [-0.4, -0.2) is 0 Å². The molecular formula is C63H68. The molecule has 0 aliphatic heterocycles. The molecule has 0 unspecified atom stereocenters. The minimum Gasteiger partial charge on any atom is -0.0651 e. The largest absolute Gasteiger partial charge is 0.0651 e. The van der Waals surface area contributed by atoms with Gasteiger partial charge in [-0.2, -0.15) is 0 Å². The second-order valence-corrected chi connectivity index (χ2v) is 18.2. The second-order valence-electron chi connectivity index (χ2n) is 18.2. The molecule has 1 aliphatic carbocycles. The van der Waals surface area contributed by atoms with Crippen molar-refractivity contribution >= 4 is 32.3 Å². The van der Waals surface area contributed by atoms with Crippen molar-refractivity contribution in [1.29, 1.82) is 0 Å². The number of aryl methyl sites for hydroxylation is 7. The van der Waals surface area contributed by atoms with E-state index in [9.17, 15) is 0 Å². The third-order valence-electron chi connectivity index (χ3n) is 12.5. The molecule has 9 aromatic carbocycles. The van der Waals surface area contributed by atoms with Crippen LogP contribution >= 0.6 is 0 Å². The average Bonchev–Trinajstić information content (AvgIpc) is 3.51. The van der Waals surface area contributed by atoms with Gasteiger partial charge in [0.05, 0.1) is 0 Å². The highest BCUT2D eigenvalue weighted by molar-refractivity contribution is 6.04. The maximum atomic E-state index is 2.40. The second kappa shape index (κ2) is 21.2. The molecule has 0 N–H and O–H groups in total. The highest BCUT2D eigenvalue weighted by Gasteiger charge is 2.36. The van der Waals surface area contributed by atoms with Gasteiger partial charge < -0.3 is 0 Å². The zero-order chi connectivity index (χ0) is 45.1. The Morgan fingerprint density at radius 3 is 1.37 bits per heavy atom. The minimum atomic E-state index is 0.0888. The first-order valence-corrected chi connectivity index (χ1v) is 22.9. The van der Waals surface area contributed by atoms with E-state index in [2.05, 4.69) is 222 Å². The molecule has 0 nitrogen and oxygen atoms in total. The van der Waals surface area contributed by atoms with Gasteiger partial charge in [-0.25, -0.2) is 0 Å². The summed E-state index contributed by atoms with van der Waals surface area (Å²) in [6.07, 6.45) is 2.40. The molecule has 10 rings (SSSR count). The minimum absolute atomic E-state index is 0.0888. The van der Waals surface area contributed by atoms with Crippen LogP contribution in [0.3, 0.4) is 0 Å². The lowest BCUT2D eigenvalue weighted by molar-refractivity contribution is 0.659. The predicted molar refractivity (Wildman–Crippen MR) is 279 cm³/mol. The molecule has 9 aromatic rings. The van der Waals surface area contributed by atoms with Gasteiger partial charge in [-0.1, -0.05) is 240 Å². The molecule has 0 heteroatoms. The van der Waals surface area contributed by atoms with Crippen molar-refractivity contribution in [3.05, 3.63) is 238 Å². The predicted octanol–water partition coefficient (Wildman–Crippen LogP) is 18.1. The average molecular weight is 825 g/mol. The smallest absolute Gasteiger partial charge is 0.0159 e. The third-order valence-corrected chi connectivity index (χ3v) is 12.5. The molecule has 0 radical (unpaired) electrons. The van der Waals surface area contributed by atoms with Crippen molar-refractivity contribution in [2.75, 3.05) is 0 Å². The SMILES string of the molecule is CCCc1ccc(C)c2ccccc12.Cc1ccc(C(C)C)c2ccccc12.Cc1ccc2c(c1)C(C)(C)c1cc(C)c3ccccc3c1-2.Cc1ccccc1.Cc1ccccc1. The molecule has 0 atom stereocenters. The van der Waals surface area contributed by atoms with E-state index in [0.717, 1.165) is 0 Å². The number of fused-ring (bicyclic) bond motifs is 7. The van der Waals surface area contributed by atoms with Gasteiger partial charge in [-0.15, -0.1) is 0 Å². The molecule has 0 saturated carbocycles. The molecular weight excluding hydrogens is 757 g/mol. The fourth-order valence-corrected chi connectivity index (χ4v) is 8.92. The zero-order valence-electron chi connectivity index (χ0n) is 39.8. The molecule has 1 aliphatic rings. The Morgan fingerprint density at radius 1 is 0.397 bits per heavy atom. The normalized spacial score (nSPS) is 11.8. The van der Waals surface area contributed by atoms with Crippen molar-refractivity contribution in [3.8, 4) is 11.1 Å². The summed E-state index contributed by atoms with van der Waals surface area (Å²) in [6, 6.07) is 64.9. The van der Waals surface area contributed by atoms with Crippen molar-refractivity contribution in [2.45, 2.75) is 100 Å². The van der Waals surface area contributed by atoms with Crippen LogP contribution in [0.4, 0.5) is 0 Å². The number of hydrogen-bond acceptors (Lipinski definition) is 0. The quantitative estimate of drug-likeness (QED) is 0.166. The fraction of sp³-hybridized carbons (Fsp3) is 0.238. The summed E-state index contributed by atoms with van der Waals surface area (Å²) >= 11 is 0. The molecule has 320 valence electrons. The topological polar surface area (TPSA) is 0 Å². The maximum absolute atomic E-state index is 2.40. The highest BCUT2D eigenvalue weighted by atomic mass is 14.4. The highest BCUT2D eigenvalue weighted by Crippen LogP contribution is 2.52. The van der Waals surface area contributed by atoms with Crippen LogP contribution in [0.1, 0.15) is 103 Å². The monoisotopic (exact) mass is 825 g/mol. The maximum Gasteiger partial charge on any atom is 0.0159 e. The van der Waals surface area contributed by atoms with Gasteiger partial charge in [-0.3, -0.25) is 0 Å². The van der Waals surface area contributed by atoms with Gasteiger partial charge in [-0.05, 0) is 136 Å². The molecule has 0 fully saturated rings. The van der Waals surface area contributed by atoms with Crippen molar-refractivity contribution < 1.29 is 0 Å². The van der Waals surface area contributed by atoms with Crippen LogP contribution in [-0.2, 0) is 11.8 Å². The van der Waals surface area contributed by atoms with Gasteiger partial charge in [0.15, 0.2) is 0 Å². The van der Waals surface area contributed by atoms with E-state index in [1.807, 2.05) is 36.4 Å². The van der Waals surface area contributed by atoms with E-state index in [1.54, 1.807) is 0 Å². The van der Waals surface area contributed by atoms with E-state index in [4.69, 9.17) is 0 Å². The summed E-state index contributed by atoms with van der Waals surface area (Å²) in [4.78, 5) is 0. The first-order valence-electron chi connectivity index (χ1n) is 22.9. The van der Waals surface area contributed by atoms with Crippen molar-refractivity contribution in [3.63, 3.8) is 0 Å². The van der Waals surface area contributed by atoms with E-state index >= 15 is 0 Å². The molecule has 0 saturated heterocycles. The van der Waals surface area contributed by atoms with Gasteiger partial charge in [0, 0.05) is 5.41 Å². The Morgan fingerprint density at radius 2 is 0.857 bits per heavy atom. The molecule has 0 spiro atoms. The van der Waals surface area contributed by atoms with E-state index in [1.165, 1.54) is 112 Å². The van der Waals surface area contributed by atoms with Crippen molar-refractivity contribution in [2.24, 2.45) is 0 Å². The number of rotatable bonds is 3. The van der Waals surface area contributed by atoms with Crippen LogP contribution in [0.5, 0.6) is 0 Å². The summed E-state index contributed by atoms with van der Waals surface area (Å²) in [7, 11) is 0. The van der Waals surface area contributed by atoms with Gasteiger partial charge in [0.1, 0.15) is 0 Å². The molecule has 0 amide bonds. The summed E-state index contributed by atoms with van der Waals surface area (Å²) in [5, 5.41) is 8.39. The van der Waals surface area contributed by atoms with Crippen LogP contribution in [0.25, 0.3) is 43.4 Å². The summed E-state index contributed by atoms with van der Waals surface area (Å²) < 4.78 is 0. The molecule has 0 bridgehead atoms. The van der Waals surface area contributed by atoms with E-state index < -0.39 is 0 Å². The lowest BCUT2D eigenvalue weighted by Crippen LogP contribution is -2.15. The van der Waals surface area contributed by atoms with Gasteiger partial charge >= 0.3 is 0 Å². The van der Waals surface area contributed by atoms with Crippen LogP contribution in [0, 0.1) is 41.5 Å². The van der Waals surface area contributed by atoms with E-state index in [-0.39, 0.29) is 5.41 Å². The Hall–Kier alpha value is -6.24. The summed E-state index contributed by atoms with van der Waals surface area (Å²) in [5.41, 5.74) is 16.9. The first kappa shape index (κ1) is 46.3. The van der Waals surface area contributed by atoms with Gasteiger partial charge in [0.2, 0.25) is 0 Å². The molecule has 63 heavy (non-hydrogen) atoms. The van der Waals surface area contributed by atoms with Crippen LogP contribution < -0.4 is 0 Å². The molecule has 0 heterocycles. The van der Waals surface area contributed by atoms with Gasteiger partial charge in [0.25, 0.3) is 0 Å². The summed E-state index contributed by atoms with van der Waals surface area (Å²) in [5.74, 6) is 0.598. The lowest BCUT2D eigenvalue weighted by atomic mass is 9.81. The summed E-state index contributed by atoms with van der Waals surface area (Å²) in [6.45, 7) is 24.4. The van der Waals surface area contributed by atoms with Crippen LogP contribution in [0.2, 0.25) is 0 Å². The Bertz CT molecular complexity index is 2850. The Kier molecular flexibility index (Phi) is 15.6. The Balaban J connectivity index is 0.000000139. The number of benzene rings is 9. The first-order chi connectivity index (χ1) is 30.3. The third kappa shape index (κ3) is 11.1.